The standard InChI is InChI=1S/C10H6Br2N2S/c11-6-4-8-9(13-5-6)7-2-1-3-14(12)10(7)15-8/h1-5,10H. The number of hydrogen-bond donors (Lipinski definition) is 0. The van der Waals surface area contributed by atoms with Gasteiger partial charge in [-0.05, 0) is 28.1 Å². The lowest BCUT2D eigenvalue weighted by Crippen LogP contribution is -2.18. The lowest BCUT2D eigenvalue weighted by Gasteiger charge is -2.22. The SMILES string of the molecule is Brc1cnc2c(c1)SC1C2=CC=CN1Br. The highest BCUT2D eigenvalue weighted by Gasteiger charge is 2.32. The molecule has 0 saturated heterocycles. The predicted molar refractivity (Wildman–Crippen MR) is 69.5 cm³/mol. The molecule has 2 nitrogen and oxygen atoms in total. The third-order valence-corrected chi connectivity index (χ3v) is 4.95. The van der Waals surface area contributed by atoms with Gasteiger partial charge in [0.1, 0.15) is 5.37 Å². The molecule has 0 N–H and O–H groups in total. The van der Waals surface area contributed by atoms with Crippen molar-refractivity contribution in [3.8, 4) is 0 Å². The molecular weight excluding hydrogens is 340 g/mol. The van der Waals surface area contributed by atoms with Gasteiger partial charge < -0.3 is 0 Å². The number of allylic oxidation sites excluding steroid dienone is 2. The van der Waals surface area contributed by atoms with Crippen molar-refractivity contribution >= 4 is 49.4 Å². The molecule has 2 aliphatic rings. The maximum absolute atomic E-state index is 4.46. The van der Waals surface area contributed by atoms with E-state index in [2.05, 4.69) is 49.2 Å². The maximum atomic E-state index is 4.46. The molecule has 0 bridgehead atoms. The highest BCUT2D eigenvalue weighted by Crippen LogP contribution is 2.48. The van der Waals surface area contributed by atoms with E-state index in [1.165, 1.54) is 10.5 Å². The molecule has 0 aromatic carbocycles. The van der Waals surface area contributed by atoms with Crippen LogP contribution in [-0.4, -0.2) is 14.3 Å². The molecule has 0 saturated carbocycles. The second kappa shape index (κ2) is 3.64. The average molecular weight is 346 g/mol. The monoisotopic (exact) mass is 344 g/mol. The quantitative estimate of drug-likeness (QED) is 0.665. The number of thioether (sulfide) groups is 1. The molecule has 15 heavy (non-hydrogen) atoms. The predicted octanol–water partition coefficient (Wildman–Crippen LogP) is 3.80. The number of nitrogens with zero attached hydrogens (tertiary/aromatic N) is 2. The van der Waals surface area contributed by atoms with Crippen LogP contribution in [-0.2, 0) is 0 Å². The minimum absolute atomic E-state index is 0.312. The highest BCUT2D eigenvalue weighted by molar-refractivity contribution is 9.10. The zero-order valence-corrected chi connectivity index (χ0v) is 11.5. The van der Waals surface area contributed by atoms with Crippen LogP contribution < -0.4 is 0 Å². The first-order chi connectivity index (χ1) is 7.25. The number of fused-ring (bicyclic) bond motifs is 3. The van der Waals surface area contributed by atoms with Crippen molar-refractivity contribution in [1.29, 1.82) is 0 Å². The largest absolute Gasteiger partial charge is 0.298 e. The van der Waals surface area contributed by atoms with Gasteiger partial charge in [0.25, 0.3) is 0 Å². The first kappa shape index (κ1) is 9.93. The van der Waals surface area contributed by atoms with Crippen molar-refractivity contribution in [2.75, 3.05) is 0 Å². The molecule has 0 spiro atoms. The van der Waals surface area contributed by atoms with E-state index >= 15 is 0 Å². The molecule has 3 rings (SSSR count). The zero-order chi connectivity index (χ0) is 10.4. The summed E-state index contributed by atoms with van der Waals surface area (Å²) in [7, 11) is 0. The van der Waals surface area contributed by atoms with Crippen LogP contribution in [0.15, 0.2) is 40.0 Å². The Bertz CT molecular complexity index is 484. The Balaban J connectivity index is 2.13. The fourth-order valence-corrected chi connectivity index (χ4v) is 3.98. The summed E-state index contributed by atoms with van der Waals surface area (Å²) in [5.74, 6) is 0. The average Bonchev–Trinajstić information content (AvgIpc) is 2.57. The summed E-state index contributed by atoms with van der Waals surface area (Å²) in [6.45, 7) is 0. The van der Waals surface area contributed by atoms with E-state index in [0.717, 1.165) is 10.2 Å². The minimum atomic E-state index is 0.312. The van der Waals surface area contributed by atoms with Crippen LogP contribution in [0.1, 0.15) is 5.69 Å². The Morgan fingerprint density at radius 2 is 2.33 bits per heavy atom. The second-order valence-electron chi connectivity index (χ2n) is 3.28. The van der Waals surface area contributed by atoms with Crippen molar-refractivity contribution in [2.45, 2.75) is 10.3 Å². The lowest BCUT2D eigenvalue weighted by atomic mass is 10.1. The van der Waals surface area contributed by atoms with Gasteiger partial charge in [-0.25, -0.2) is 0 Å². The van der Waals surface area contributed by atoms with Crippen LogP contribution in [0.5, 0.6) is 0 Å². The van der Waals surface area contributed by atoms with Gasteiger partial charge in [-0.2, -0.15) is 0 Å². The maximum Gasteiger partial charge on any atom is 0.117 e. The molecule has 76 valence electrons. The first-order valence-corrected chi connectivity index (χ1v) is 6.79. The van der Waals surface area contributed by atoms with Gasteiger partial charge in [0, 0.05) is 27.3 Å². The van der Waals surface area contributed by atoms with E-state index < -0.39 is 0 Å². The van der Waals surface area contributed by atoms with Crippen LogP contribution in [0.25, 0.3) is 5.57 Å². The summed E-state index contributed by atoms with van der Waals surface area (Å²) in [5.41, 5.74) is 2.36. The van der Waals surface area contributed by atoms with Gasteiger partial charge in [-0.1, -0.05) is 17.8 Å². The normalized spacial score (nSPS) is 22.4. The number of aromatic nitrogens is 1. The molecule has 1 aromatic heterocycles. The fourth-order valence-electron chi connectivity index (χ4n) is 1.68. The van der Waals surface area contributed by atoms with E-state index in [4.69, 9.17) is 0 Å². The summed E-state index contributed by atoms with van der Waals surface area (Å²) >= 11 is 8.77. The smallest absolute Gasteiger partial charge is 0.117 e. The van der Waals surface area contributed by atoms with Crippen LogP contribution in [0.3, 0.4) is 0 Å². The van der Waals surface area contributed by atoms with Crippen molar-refractivity contribution in [2.24, 2.45) is 0 Å². The molecule has 0 amide bonds. The molecule has 1 atom stereocenters. The second-order valence-corrected chi connectivity index (χ2v) is 6.14. The summed E-state index contributed by atoms with van der Waals surface area (Å²) in [5, 5.41) is 0.312. The molecule has 5 heteroatoms. The van der Waals surface area contributed by atoms with E-state index in [1.807, 2.05) is 34.2 Å². The fraction of sp³-hybridized carbons (Fsp3) is 0.100. The molecule has 2 aliphatic heterocycles. The first-order valence-electron chi connectivity index (χ1n) is 4.41. The number of pyridine rings is 1. The molecular formula is C10H6Br2N2S. The number of halogens is 2. The van der Waals surface area contributed by atoms with Crippen molar-refractivity contribution in [3.63, 3.8) is 0 Å². The van der Waals surface area contributed by atoms with Crippen LogP contribution in [0.4, 0.5) is 0 Å². The van der Waals surface area contributed by atoms with Crippen LogP contribution in [0, 0.1) is 0 Å². The van der Waals surface area contributed by atoms with Gasteiger partial charge >= 0.3 is 0 Å². The molecule has 3 heterocycles. The Morgan fingerprint density at radius 1 is 1.47 bits per heavy atom. The Morgan fingerprint density at radius 3 is 3.20 bits per heavy atom. The van der Waals surface area contributed by atoms with Gasteiger partial charge in [-0.15, -0.1) is 0 Å². The van der Waals surface area contributed by atoms with E-state index in [-0.39, 0.29) is 0 Å². The number of hydrogen-bond acceptors (Lipinski definition) is 3. The molecule has 0 radical (unpaired) electrons. The molecule has 1 aromatic rings. The van der Waals surface area contributed by atoms with Crippen molar-refractivity contribution < 1.29 is 0 Å². The molecule has 0 fully saturated rings. The molecule has 1 unspecified atom stereocenters. The summed E-state index contributed by atoms with van der Waals surface area (Å²) < 4.78 is 3.06. The van der Waals surface area contributed by atoms with Gasteiger partial charge in [0.2, 0.25) is 0 Å². The number of rotatable bonds is 0. The Labute approximate surface area is 109 Å². The third kappa shape index (κ3) is 1.57. The van der Waals surface area contributed by atoms with E-state index in [9.17, 15) is 0 Å². The minimum Gasteiger partial charge on any atom is -0.298 e. The van der Waals surface area contributed by atoms with Crippen molar-refractivity contribution in [1.82, 2.24) is 8.91 Å². The van der Waals surface area contributed by atoms with E-state index in [1.54, 1.807) is 0 Å². The summed E-state index contributed by atoms with van der Waals surface area (Å²) in [6, 6.07) is 2.12. The topological polar surface area (TPSA) is 16.1 Å². The Hall–Kier alpha value is -0.260. The van der Waals surface area contributed by atoms with Crippen LogP contribution >= 0.6 is 43.8 Å². The van der Waals surface area contributed by atoms with Gasteiger partial charge in [0.15, 0.2) is 0 Å². The summed E-state index contributed by atoms with van der Waals surface area (Å²) in [4.78, 5) is 5.69. The van der Waals surface area contributed by atoms with Gasteiger partial charge in [0.05, 0.1) is 21.8 Å². The van der Waals surface area contributed by atoms with Gasteiger partial charge in [-0.3, -0.25) is 8.91 Å². The summed E-state index contributed by atoms with van der Waals surface area (Å²) in [6.07, 6.45) is 8.02. The van der Waals surface area contributed by atoms with E-state index in [0.29, 0.717) is 5.37 Å². The lowest BCUT2D eigenvalue weighted by molar-refractivity contribution is 0.686. The third-order valence-electron chi connectivity index (χ3n) is 2.33. The highest BCUT2D eigenvalue weighted by atomic mass is 79.9. The van der Waals surface area contributed by atoms with Crippen LogP contribution in [0.2, 0.25) is 0 Å². The molecule has 0 aliphatic carbocycles. The zero-order valence-electron chi connectivity index (χ0n) is 7.52. The Kier molecular flexibility index (Phi) is 2.41. The van der Waals surface area contributed by atoms with Crippen molar-refractivity contribution in [3.05, 3.63) is 40.8 Å².